The number of carbonyl (C=O) groups is 1. The van der Waals surface area contributed by atoms with Crippen LogP contribution in [0.25, 0.3) is 0 Å². The fraction of sp³-hybridized carbons (Fsp3) is 0.875. The van der Waals surface area contributed by atoms with Crippen LogP contribution in [0.3, 0.4) is 0 Å². The molecule has 4 heteroatoms. The largest absolute Gasteiger partial charge is 0.463 e. The van der Waals surface area contributed by atoms with Gasteiger partial charge in [-0.05, 0) is 37.5 Å². The minimum atomic E-state index is -0.987. The summed E-state index contributed by atoms with van der Waals surface area (Å²) in [6, 6.07) is 0. The van der Waals surface area contributed by atoms with Crippen LogP contribution in [0.1, 0.15) is 98.8 Å². The number of rotatable bonds is 17. The van der Waals surface area contributed by atoms with E-state index in [-0.39, 0.29) is 19.0 Å². The molecule has 0 bridgehead atoms. The van der Waals surface area contributed by atoms with E-state index >= 15 is 0 Å². The highest BCUT2D eigenvalue weighted by atomic mass is 16.5. The third-order valence-electron chi connectivity index (χ3n) is 5.40. The molecule has 0 saturated heterocycles. The first-order valence-corrected chi connectivity index (χ1v) is 11.3. The lowest BCUT2D eigenvalue weighted by Crippen LogP contribution is -2.21. The van der Waals surface area contributed by atoms with E-state index < -0.39 is 12.7 Å². The maximum atomic E-state index is 11.6. The lowest BCUT2D eigenvalue weighted by molar-refractivity contribution is -0.146. The highest BCUT2D eigenvalue weighted by Crippen LogP contribution is 2.22. The van der Waals surface area contributed by atoms with Gasteiger partial charge in [0.2, 0.25) is 0 Å². The Morgan fingerprint density at radius 2 is 1.46 bits per heavy atom. The molecule has 0 saturated carbocycles. The zero-order valence-corrected chi connectivity index (χ0v) is 19.1. The first-order valence-electron chi connectivity index (χ1n) is 11.3. The van der Waals surface area contributed by atoms with E-state index in [9.17, 15) is 4.79 Å². The Morgan fingerprint density at radius 1 is 0.929 bits per heavy atom. The van der Waals surface area contributed by atoms with E-state index in [0.717, 1.165) is 30.6 Å². The van der Waals surface area contributed by atoms with Crippen molar-refractivity contribution >= 4 is 5.97 Å². The highest BCUT2D eigenvalue weighted by Gasteiger charge is 2.08. The van der Waals surface area contributed by atoms with Crippen LogP contribution < -0.4 is 0 Å². The fourth-order valence-electron chi connectivity index (χ4n) is 3.37. The first-order chi connectivity index (χ1) is 13.2. The molecule has 28 heavy (non-hydrogen) atoms. The van der Waals surface area contributed by atoms with Gasteiger partial charge in [-0.25, -0.2) is 0 Å². The summed E-state index contributed by atoms with van der Waals surface area (Å²) >= 11 is 0. The van der Waals surface area contributed by atoms with Crippen LogP contribution in [0.4, 0.5) is 0 Å². The molecule has 0 heterocycles. The lowest BCUT2D eigenvalue weighted by Gasteiger charge is -2.15. The van der Waals surface area contributed by atoms with Gasteiger partial charge in [-0.2, -0.15) is 0 Å². The van der Waals surface area contributed by atoms with Gasteiger partial charge in [-0.15, -0.1) is 0 Å². The molecule has 0 aromatic carbocycles. The molecular weight excluding hydrogens is 352 g/mol. The molecule has 0 aromatic heterocycles. The second-order valence-corrected chi connectivity index (χ2v) is 9.13. The van der Waals surface area contributed by atoms with Crippen molar-refractivity contribution in [3.63, 3.8) is 0 Å². The third kappa shape index (κ3) is 17.2. The Hall–Kier alpha value is -0.870. The van der Waals surface area contributed by atoms with Crippen LogP contribution in [0.5, 0.6) is 0 Å². The number of carbonyl (C=O) groups excluding carboxylic acids is 1. The van der Waals surface area contributed by atoms with Gasteiger partial charge < -0.3 is 14.9 Å². The zero-order valence-electron chi connectivity index (χ0n) is 19.1. The maximum Gasteiger partial charge on any atom is 0.309 e. The van der Waals surface area contributed by atoms with Crippen molar-refractivity contribution < 1.29 is 19.7 Å². The number of allylic oxidation sites excluding steroid dienone is 1. The molecule has 0 amide bonds. The summed E-state index contributed by atoms with van der Waals surface area (Å²) in [6.07, 6.45) is 12.7. The van der Waals surface area contributed by atoms with E-state index in [0.29, 0.717) is 0 Å². The van der Waals surface area contributed by atoms with E-state index in [4.69, 9.17) is 14.9 Å². The predicted molar refractivity (Wildman–Crippen MR) is 117 cm³/mol. The summed E-state index contributed by atoms with van der Waals surface area (Å²) in [5.74, 6) is 2.09. The zero-order chi connectivity index (χ0) is 21.4. The molecule has 0 aromatic rings. The van der Waals surface area contributed by atoms with Crippen molar-refractivity contribution in [2.45, 2.75) is 105 Å². The summed E-state index contributed by atoms with van der Waals surface area (Å²) in [6.45, 7) is 10.9. The number of hydrogen-bond acceptors (Lipinski definition) is 4. The van der Waals surface area contributed by atoms with E-state index in [2.05, 4.69) is 34.6 Å². The van der Waals surface area contributed by atoms with E-state index in [1.165, 1.54) is 50.5 Å². The molecule has 3 unspecified atom stereocenters. The minimum absolute atomic E-state index is 0.143. The molecule has 3 atom stereocenters. The van der Waals surface area contributed by atoms with Gasteiger partial charge in [-0.1, -0.05) is 84.3 Å². The van der Waals surface area contributed by atoms with Gasteiger partial charge in [0, 0.05) is 0 Å². The molecule has 0 radical (unpaired) electrons. The van der Waals surface area contributed by atoms with Crippen LogP contribution in [-0.4, -0.2) is 35.5 Å². The van der Waals surface area contributed by atoms with Crippen molar-refractivity contribution in [2.24, 2.45) is 17.8 Å². The van der Waals surface area contributed by atoms with Crippen molar-refractivity contribution in [1.82, 2.24) is 0 Å². The first kappa shape index (κ1) is 27.1. The van der Waals surface area contributed by atoms with Crippen LogP contribution >= 0.6 is 0 Å². The van der Waals surface area contributed by atoms with Crippen LogP contribution in [0, 0.1) is 17.8 Å². The van der Waals surface area contributed by atoms with Crippen molar-refractivity contribution in [1.29, 1.82) is 0 Å². The lowest BCUT2D eigenvalue weighted by atomic mass is 9.91. The van der Waals surface area contributed by atoms with Crippen LogP contribution in [0.15, 0.2) is 11.6 Å². The smallest absolute Gasteiger partial charge is 0.309 e. The predicted octanol–water partition coefficient (Wildman–Crippen LogP) is 5.66. The standard InChI is InChI=1S/C24H46O4/c1-19(2)9-6-10-20(3)11-7-12-21(4)13-8-14-22(5)15-16-24(27)28-18-23(26)17-25/h15,19-21,23,25-26H,6-14,16-18H2,1-5H3. The second-order valence-electron chi connectivity index (χ2n) is 9.13. The summed E-state index contributed by atoms with van der Waals surface area (Å²) in [7, 11) is 0. The summed E-state index contributed by atoms with van der Waals surface area (Å²) in [4.78, 5) is 11.6. The van der Waals surface area contributed by atoms with Gasteiger partial charge in [0.05, 0.1) is 13.0 Å². The summed E-state index contributed by atoms with van der Waals surface area (Å²) in [5.41, 5.74) is 1.21. The van der Waals surface area contributed by atoms with E-state index in [1.54, 1.807) is 0 Å². The average molecular weight is 399 g/mol. The van der Waals surface area contributed by atoms with Crippen molar-refractivity contribution in [2.75, 3.05) is 13.2 Å². The van der Waals surface area contributed by atoms with Gasteiger partial charge in [-0.3, -0.25) is 4.79 Å². The molecule has 0 spiro atoms. The van der Waals surface area contributed by atoms with Crippen molar-refractivity contribution in [3.05, 3.63) is 11.6 Å². The molecule has 4 nitrogen and oxygen atoms in total. The molecule has 0 rings (SSSR count). The Labute approximate surface area is 173 Å². The molecule has 0 aliphatic heterocycles. The number of ether oxygens (including phenoxy) is 1. The van der Waals surface area contributed by atoms with E-state index in [1.807, 2.05) is 6.08 Å². The Bertz CT molecular complexity index is 417. The second kappa shape index (κ2) is 17.0. The monoisotopic (exact) mass is 398 g/mol. The topological polar surface area (TPSA) is 66.8 Å². The Kier molecular flexibility index (Phi) is 16.5. The molecular formula is C24H46O4. The van der Waals surface area contributed by atoms with Gasteiger partial charge in [0.25, 0.3) is 0 Å². The molecule has 166 valence electrons. The highest BCUT2D eigenvalue weighted by molar-refractivity contribution is 5.71. The van der Waals surface area contributed by atoms with Crippen LogP contribution in [-0.2, 0) is 9.53 Å². The number of aliphatic hydroxyl groups is 2. The average Bonchev–Trinajstić information content (AvgIpc) is 2.64. The molecule has 0 aliphatic carbocycles. The van der Waals surface area contributed by atoms with Gasteiger partial charge in [0.1, 0.15) is 12.7 Å². The number of hydrogen-bond donors (Lipinski definition) is 2. The Balaban J connectivity index is 3.75. The Morgan fingerprint density at radius 3 is 2.00 bits per heavy atom. The minimum Gasteiger partial charge on any atom is -0.463 e. The molecule has 0 aliphatic rings. The molecule has 0 fully saturated rings. The third-order valence-corrected chi connectivity index (χ3v) is 5.40. The number of esters is 1. The quantitative estimate of drug-likeness (QED) is 0.245. The fourth-order valence-corrected chi connectivity index (χ4v) is 3.37. The van der Waals surface area contributed by atoms with Gasteiger partial charge >= 0.3 is 5.97 Å². The van der Waals surface area contributed by atoms with Crippen LogP contribution in [0.2, 0.25) is 0 Å². The SMILES string of the molecule is CC(=CCC(=O)OCC(O)CO)CCCC(C)CCCC(C)CCCC(C)C. The summed E-state index contributed by atoms with van der Waals surface area (Å²) in [5, 5.41) is 17.8. The van der Waals surface area contributed by atoms with Gasteiger partial charge in [0.15, 0.2) is 0 Å². The maximum absolute atomic E-state index is 11.6. The summed E-state index contributed by atoms with van der Waals surface area (Å²) < 4.78 is 4.89. The van der Waals surface area contributed by atoms with Crippen molar-refractivity contribution in [3.8, 4) is 0 Å². The normalized spacial score (nSPS) is 15.5. The molecule has 2 N–H and O–H groups in total. The number of aliphatic hydroxyl groups excluding tert-OH is 2.